The van der Waals surface area contributed by atoms with Crippen molar-refractivity contribution in [2.45, 2.75) is 0 Å². The second-order valence-electron chi connectivity index (χ2n) is 4.95. The van der Waals surface area contributed by atoms with E-state index in [-0.39, 0.29) is 21.6 Å². The van der Waals surface area contributed by atoms with Crippen molar-refractivity contribution in [2.24, 2.45) is 0 Å². The number of carboxylic acids is 1. The second kappa shape index (κ2) is 6.26. The highest BCUT2D eigenvalue weighted by Crippen LogP contribution is 2.37. The normalized spacial score (nSPS) is 10.8. The van der Waals surface area contributed by atoms with E-state index >= 15 is 0 Å². The van der Waals surface area contributed by atoms with Crippen molar-refractivity contribution in [3.05, 3.63) is 69.9 Å². The van der Waals surface area contributed by atoms with Crippen molar-refractivity contribution < 1.29 is 23.1 Å². The lowest BCUT2D eigenvalue weighted by Gasteiger charge is -2.05. The maximum Gasteiger partial charge on any atom is 0.371 e. The molecular weight excluding hydrogens is 361 g/mol. The van der Waals surface area contributed by atoms with Crippen molar-refractivity contribution in [2.75, 3.05) is 0 Å². The van der Waals surface area contributed by atoms with Crippen molar-refractivity contribution in [3.63, 3.8) is 0 Å². The SMILES string of the molecule is O=C(O)c1cc(-c2cc(F)cc(Cl)c2)c(-c2ccc(F)c(Cl)c2)o1. The number of hydrogen-bond acceptors (Lipinski definition) is 2. The van der Waals surface area contributed by atoms with Crippen LogP contribution in [0.1, 0.15) is 10.6 Å². The molecule has 0 amide bonds. The van der Waals surface area contributed by atoms with Crippen LogP contribution in [0.2, 0.25) is 10.0 Å². The van der Waals surface area contributed by atoms with E-state index in [9.17, 15) is 13.6 Å². The zero-order valence-corrected chi connectivity index (χ0v) is 13.3. The third kappa shape index (κ3) is 3.13. The third-order valence-electron chi connectivity index (χ3n) is 3.30. The maximum atomic E-state index is 13.6. The predicted octanol–water partition coefficient (Wildman–Crippen LogP) is 5.90. The van der Waals surface area contributed by atoms with Crippen LogP contribution in [-0.2, 0) is 0 Å². The molecule has 0 unspecified atom stereocenters. The van der Waals surface area contributed by atoms with E-state index in [0.717, 1.165) is 12.1 Å². The standard InChI is InChI=1S/C17H8Cl2F2O3/c18-10-3-9(4-11(20)6-10)12-7-15(17(22)23)24-16(12)8-1-2-14(21)13(19)5-8/h1-7H,(H,22,23). The Bertz CT molecular complexity index is 931. The molecule has 3 rings (SSSR count). The average Bonchev–Trinajstić information content (AvgIpc) is 2.94. The van der Waals surface area contributed by atoms with Gasteiger partial charge in [0.25, 0.3) is 0 Å². The number of carbonyl (C=O) groups is 1. The lowest BCUT2D eigenvalue weighted by molar-refractivity contribution is 0.0663. The van der Waals surface area contributed by atoms with E-state index in [1.165, 1.54) is 30.3 Å². The van der Waals surface area contributed by atoms with Gasteiger partial charge in [0.2, 0.25) is 5.76 Å². The molecule has 1 N–H and O–H groups in total. The van der Waals surface area contributed by atoms with Crippen molar-refractivity contribution >= 4 is 29.2 Å². The minimum atomic E-state index is -1.29. The first-order valence-electron chi connectivity index (χ1n) is 6.64. The van der Waals surface area contributed by atoms with E-state index < -0.39 is 17.6 Å². The van der Waals surface area contributed by atoms with Gasteiger partial charge >= 0.3 is 5.97 Å². The van der Waals surface area contributed by atoms with Crippen LogP contribution in [0.4, 0.5) is 8.78 Å². The minimum absolute atomic E-state index is 0.121. The molecule has 3 aromatic rings. The Kier molecular flexibility index (Phi) is 4.30. The molecule has 0 atom stereocenters. The summed E-state index contributed by atoms with van der Waals surface area (Å²) in [6, 6.07) is 8.84. The smallest absolute Gasteiger partial charge is 0.371 e. The van der Waals surface area contributed by atoms with Gasteiger partial charge in [-0.1, -0.05) is 23.2 Å². The van der Waals surface area contributed by atoms with E-state index in [1.54, 1.807) is 0 Å². The Morgan fingerprint density at radius 3 is 2.38 bits per heavy atom. The van der Waals surface area contributed by atoms with Crippen LogP contribution in [0.15, 0.2) is 46.9 Å². The van der Waals surface area contributed by atoms with Crippen molar-refractivity contribution in [1.82, 2.24) is 0 Å². The Hall–Kier alpha value is -2.37. The molecule has 0 saturated carbocycles. The first kappa shape index (κ1) is 16.5. The van der Waals surface area contributed by atoms with Gasteiger partial charge in [-0.2, -0.15) is 0 Å². The van der Waals surface area contributed by atoms with Gasteiger partial charge in [-0.05, 0) is 48.0 Å². The Morgan fingerprint density at radius 1 is 1.00 bits per heavy atom. The fraction of sp³-hybridized carbons (Fsp3) is 0. The van der Waals surface area contributed by atoms with Gasteiger partial charge in [-0.25, -0.2) is 13.6 Å². The Labute approximate surface area is 145 Å². The number of rotatable bonds is 3. The molecule has 2 aromatic carbocycles. The van der Waals surface area contributed by atoms with Gasteiger partial charge in [0.1, 0.15) is 17.4 Å². The van der Waals surface area contributed by atoms with Crippen LogP contribution in [0.25, 0.3) is 22.5 Å². The fourth-order valence-corrected chi connectivity index (χ4v) is 2.67. The molecule has 0 spiro atoms. The van der Waals surface area contributed by atoms with Gasteiger partial charge in [0.05, 0.1) is 5.02 Å². The first-order chi connectivity index (χ1) is 11.3. The molecule has 1 heterocycles. The maximum absolute atomic E-state index is 13.6. The summed E-state index contributed by atoms with van der Waals surface area (Å²) >= 11 is 11.6. The topological polar surface area (TPSA) is 50.4 Å². The van der Waals surface area contributed by atoms with E-state index in [2.05, 4.69) is 0 Å². The molecular formula is C17H8Cl2F2O3. The van der Waals surface area contributed by atoms with E-state index in [0.29, 0.717) is 16.7 Å². The number of benzene rings is 2. The predicted molar refractivity (Wildman–Crippen MR) is 86.5 cm³/mol. The summed E-state index contributed by atoms with van der Waals surface area (Å²) in [5.41, 5.74) is 0.979. The zero-order valence-electron chi connectivity index (χ0n) is 11.8. The van der Waals surface area contributed by atoms with Crippen molar-refractivity contribution in [3.8, 4) is 22.5 Å². The summed E-state index contributed by atoms with van der Waals surface area (Å²) < 4.78 is 32.3. The quantitative estimate of drug-likeness (QED) is 0.626. The molecule has 0 aliphatic carbocycles. The number of aromatic carboxylic acids is 1. The summed E-state index contributed by atoms with van der Waals surface area (Å²) in [4.78, 5) is 11.2. The Balaban J connectivity index is 2.24. The fourth-order valence-electron chi connectivity index (χ4n) is 2.27. The Morgan fingerprint density at radius 2 is 1.75 bits per heavy atom. The van der Waals surface area contributed by atoms with Crippen LogP contribution in [-0.4, -0.2) is 11.1 Å². The number of carboxylic acid groups (broad SMARTS) is 1. The third-order valence-corrected chi connectivity index (χ3v) is 3.81. The average molecular weight is 369 g/mol. The van der Waals surface area contributed by atoms with Gasteiger partial charge in [0, 0.05) is 16.1 Å². The highest BCUT2D eigenvalue weighted by atomic mass is 35.5. The molecule has 0 saturated heterocycles. The van der Waals surface area contributed by atoms with Gasteiger partial charge in [-0.3, -0.25) is 0 Å². The van der Waals surface area contributed by atoms with Gasteiger partial charge < -0.3 is 9.52 Å². The van der Waals surface area contributed by atoms with Crippen LogP contribution in [0, 0.1) is 11.6 Å². The second-order valence-corrected chi connectivity index (χ2v) is 5.79. The van der Waals surface area contributed by atoms with Crippen LogP contribution < -0.4 is 0 Å². The zero-order chi connectivity index (χ0) is 17.4. The summed E-state index contributed by atoms with van der Waals surface area (Å²) in [5, 5.41) is 9.14. The molecule has 0 aliphatic rings. The van der Waals surface area contributed by atoms with Crippen LogP contribution in [0.5, 0.6) is 0 Å². The molecule has 122 valence electrons. The molecule has 1 aromatic heterocycles. The van der Waals surface area contributed by atoms with Crippen LogP contribution >= 0.6 is 23.2 Å². The number of halogens is 4. The molecule has 7 heteroatoms. The summed E-state index contributed by atoms with van der Waals surface area (Å²) in [6.07, 6.45) is 0. The number of hydrogen-bond donors (Lipinski definition) is 1. The summed E-state index contributed by atoms with van der Waals surface area (Å²) in [5.74, 6) is -2.73. The van der Waals surface area contributed by atoms with Crippen molar-refractivity contribution in [1.29, 1.82) is 0 Å². The molecule has 0 fully saturated rings. The first-order valence-corrected chi connectivity index (χ1v) is 7.40. The van der Waals surface area contributed by atoms with Gasteiger partial charge in [0.15, 0.2) is 0 Å². The summed E-state index contributed by atoms with van der Waals surface area (Å²) in [7, 11) is 0. The van der Waals surface area contributed by atoms with E-state index in [4.69, 9.17) is 32.7 Å². The largest absolute Gasteiger partial charge is 0.475 e. The molecule has 0 radical (unpaired) electrons. The molecule has 24 heavy (non-hydrogen) atoms. The molecule has 0 bridgehead atoms. The highest BCUT2D eigenvalue weighted by Gasteiger charge is 2.20. The van der Waals surface area contributed by atoms with Gasteiger partial charge in [-0.15, -0.1) is 0 Å². The minimum Gasteiger partial charge on any atom is -0.475 e. The molecule has 3 nitrogen and oxygen atoms in total. The number of furan rings is 1. The summed E-state index contributed by atoms with van der Waals surface area (Å²) in [6.45, 7) is 0. The highest BCUT2D eigenvalue weighted by molar-refractivity contribution is 6.31. The lowest BCUT2D eigenvalue weighted by Crippen LogP contribution is -1.91. The lowest BCUT2D eigenvalue weighted by atomic mass is 10.0. The van der Waals surface area contributed by atoms with Crippen LogP contribution in [0.3, 0.4) is 0 Å². The molecule has 0 aliphatic heterocycles. The van der Waals surface area contributed by atoms with E-state index in [1.807, 2.05) is 0 Å². The monoisotopic (exact) mass is 368 g/mol.